The average molecular weight is 557 g/mol. The maximum atomic E-state index is 12.5. The van der Waals surface area contributed by atoms with Crippen molar-refractivity contribution in [3.8, 4) is 11.3 Å². The number of nitrogen functional groups attached to an aromatic ring is 1. The Labute approximate surface area is 234 Å². The van der Waals surface area contributed by atoms with Gasteiger partial charge in [0.15, 0.2) is 0 Å². The summed E-state index contributed by atoms with van der Waals surface area (Å²) in [6.07, 6.45) is 4.53. The van der Waals surface area contributed by atoms with Gasteiger partial charge in [0.05, 0.1) is 17.6 Å². The molecule has 0 aliphatic carbocycles. The van der Waals surface area contributed by atoms with Gasteiger partial charge in [-0.25, -0.2) is 9.97 Å². The second kappa shape index (κ2) is 12.4. The van der Waals surface area contributed by atoms with Crippen LogP contribution in [0, 0.1) is 0 Å². The molecule has 2 unspecified atom stereocenters. The van der Waals surface area contributed by atoms with E-state index in [2.05, 4.69) is 27.8 Å². The van der Waals surface area contributed by atoms with Crippen molar-refractivity contribution >= 4 is 35.0 Å². The number of hydrogen-bond acceptors (Lipinski definition) is 7. The summed E-state index contributed by atoms with van der Waals surface area (Å²) in [6.45, 7) is 7.11. The van der Waals surface area contributed by atoms with Crippen LogP contribution in [0.1, 0.15) is 50.4 Å². The van der Waals surface area contributed by atoms with E-state index in [1.807, 2.05) is 51.1 Å². The molecule has 2 atom stereocenters. The first-order valence-electron chi connectivity index (χ1n) is 12.9. The molecule has 1 saturated heterocycles. The van der Waals surface area contributed by atoms with Crippen molar-refractivity contribution in [2.45, 2.75) is 70.7 Å². The zero-order valence-electron chi connectivity index (χ0n) is 22.1. The molecule has 0 spiro atoms. The van der Waals surface area contributed by atoms with Crippen LogP contribution in [0.15, 0.2) is 48.7 Å². The summed E-state index contributed by atoms with van der Waals surface area (Å²) in [6, 6.07) is 13.6. The van der Waals surface area contributed by atoms with Gasteiger partial charge in [0.1, 0.15) is 17.5 Å². The van der Waals surface area contributed by atoms with Gasteiger partial charge in [-0.3, -0.25) is 4.79 Å². The number of esters is 1. The molecule has 0 amide bonds. The summed E-state index contributed by atoms with van der Waals surface area (Å²) < 4.78 is 5.56. The highest BCUT2D eigenvalue weighted by atomic mass is 35.5. The molecule has 202 valence electrons. The van der Waals surface area contributed by atoms with E-state index in [9.17, 15) is 4.79 Å². The SMILES string of the molecule is CC(C)(C)OC(=O)C1CC(NCc2cccc(-c3cnc(N)c(CCc4c(Cl)cccc4Cl)n3)c2)CCN1. The van der Waals surface area contributed by atoms with Gasteiger partial charge in [0.2, 0.25) is 0 Å². The van der Waals surface area contributed by atoms with E-state index in [0.717, 1.165) is 35.3 Å². The first-order valence-corrected chi connectivity index (χ1v) is 13.7. The monoisotopic (exact) mass is 555 g/mol. The third kappa shape index (κ3) is 7.67. The Hall–Kier alpha value is -2.71. The number of carbonyl (C=O) groups is 1. The van der Waals surface area contributed by atoms with E-state index in [4.69, 9.17) is 38.7 Å². The van der Waals surface area contributed by atoms with Crippen LogP contribution in [0.2, 0.25) is 10.0 Å². The number of nitrogens with one attached hydrogen (secondary N) is 2. The van der Waals surface area contributed by atoms with Crippen LogP contribution in [0.5, 0.6) is 0 Å². The van der Waals surface area contributed by atoms with Gasteiger partial charge in [-0.1, -0.05) is 47.5 Å². The highest BCUT2D eigenvalue weighted by Gasteiger charge is 2.30. The number of carbonyl (C=O) groups excluding carboxylic acids is 1. The van der Waals surface area contributed by atoms with Crippen molar-refractivity contribution in [2.75, 3.05) is 12.3 Å². The van der Waals surface area contributed by atoms with Crippen molar-refractivity contribution in [1.82, 2.24) is 20.6 Å². The molecule has 0 saturated carbocycles. The number of aryl methyl sites for hydroxylation is 1. The average Bonchev–Trinajstić information content (AvgIpc) is 2.87. The molecule has 1 aliphatic rings. The Balaban J connectivity index is 1.39. The lowest BCUT2D eigenvalue weighted by Gasteiger charge is -2.31. The molecule has 1 aromatic heterocycles. The third-order valence-corrected chi connectivity index (χ3v) is 7.17. The Morgan fingerprint density at radius 1 is 1.16 bits per heavy atom. The standard InChI is InChI=1S/C29H35Cl2N5O2/c1-29(2,3)38-28(37)25-15-20(12-13-33-25)34-16-18-6-4-7-19(14-18)26-17-35-27(32)24(36-26)11-10-21-22(30)8-5-9-23(21)31/h4-9,14,17,20,25,33-34H,10-13,15-16H2,1-3H3,(H2,32,35). The number of piperidine rings is 1. The van der Waals surface area contributed by atoms with Crippen LogP contribution >= 0.6 is 23.2 Å². The van der Waals surface area contributed by atoms with Crippen LogP contribution in [0.4, 0.5) is 5.82 Å². The van der Waals surface area contributed by atoms with Crippen molar-refractivity contribution in [3.05, 3.63) is 75.5 Å². The zero-order valence-corrected chi connectivity index (χ0v) is 23.6. The van der Waals surface area contributed by atoms with Crippen LogP contribution < -0.4 is 16.4 Å². The number of aromatic nitrogens is 2. The van der Waals surface area contributed by atoms with E-state index in [-0.39, 0.29) is 18.1 Å². The Bertz CT molecular complexity index is 1260. The lowest BCUT2D eigenvalue weighted by atomic mass is 9.98. The number of nitrogens with zero attached hydrogens (tertiary/aromatic N) is 2. The van der Waals surface area contributed by atoms with Gasteiger partial charge in [0, 0.05) is 28.2 Å². The molecule has 1 aliphatic heterocycles. The Morgan fingerprint density at radius 2 is 1.89 bits per heavy atom. The highest BCUT2D eigenvalue weighted by molar-refractivity contribution is 6.36. The normalized spacial score (nSPS) is 17.8. The minimum Gasteiger partial charge on any atom is -0.459 e. The topological polar surface area (TPSA) is 102 Å². The van der Waals surface area contributed by atoms with Crippen molar-refractivity contribution in [2.24, 2.45) is 0 Å². The maximum absolute atomic E-state index is 12.5. The van der Waals surface area contributed by atoms with Gasteiger partial charge in [-0.15, -0.1) is 0 Å². The van der Waals surface area contributed by atoms with Crippen molar-refractivity contribution < 1.29 is 9.53 Å². The molecule has 2 aromatic carbocycles. The molecular formula is C29H35Cl2N5O2. The largest absolute Gasteiger partial charge is 0.459 e. The number of rotatable bonds is 8. The molecule has 1 fully saturated rings. The molecule has 3 aromatic rings. The van der Waals surface area contributed by atoms with Gasteiger partial charge in [0.25, 0.3) is 0 Å². The summed E-state index contributed by atoms with van der Waals surface area (Å²) in [5.74, 6) is 0.209. The van der Waals surface area contributed by atoms with Crippen LogP contribution in [0.3, 0.4) is 0 Å². The van der Waals surface area contributed by atoms with Crippen LogP contribution in [-0.4, -0.2) is 40.2 Å². The fourth-order valence-electron chi connectivity index (χ4n) is 4.53. The maximum Gasteiger partial charge on any atom is 0.323 e. The minimum atomic E-state index is -0.494. The molecule has 7 nitrogen and oxygen atoms in total. The van der Waals surface area contributed by atoms with E-state index in [0.29, 0.717) is 47.4 Å². The van der Waals surface area contributed by atoms with E-state index in [1.54, 1.807) is 6.20 Å². The molecule has 0 radical (unpaired) electrons. The number of ether oxygens (including phenoxy) is 1. The number of benzene rings is 2. The fraction of sp³-hybridized carbons (Fsp3) is 0.414. The number of nitrogens with two attached hydrogens (primary N) is 1. The molecular weight excluding hydrogens is 521 g/mol. The summed E-state index contributed by atoms with van der Waals surface area (Å²) in [7, 11) is 0. The number of anilines is 1. The fourth-order valence-corrected chi connectivity index (χ4v) is 5.12. The van der Waals surface area contributed by atoms with E-state index >= 15 is 0 Å². The highest BCUT2D eigenvalue weighted by Crippen LogP contribution is 2.27. The zero-order chi connectivity index (χ0) is 27.3. The predicted octanol–water partition coefficient (Wildman–Crippen LogP) is 5.37. The molecule has 4 N–H and O–H groups in total. The number of hydrogen-bond donors (Lipinski definition) is 3. The first-order chi connectivity index (χ1) is 18.1. The minimum absolute atomic E-state index is 0.194. The molecule has 9 heteroatoms. The third-order valence-electron chi connectivity index (χ3n) is 6.46. The van der Waals surface area contributed by atoms with Gasteiger partial charge < -0.3 is 21.1 Å². The lowest BCUT2D eigenvalue weighted by molar-refractivity contribution is -0.158. The van der Waals surface area contributed by atoms with E-state index < -0.39 is 5.60 Å². The van der Waals surface area contributed by atoms with Crippen molar-refractivity contribution in [3.63, 3.8) is 0 Å². The van der Waals surface area contributed by atoms with Gasteiger partial charge in [-0.05, 0) is 82.3 Å². The predicted molar refractivity (Wildman–Crippen MR) is 153 cm³/mol. The van der Waals surface area contributed by atoms with E-state index in [1.165, 1.54) is 0 Å². The van der Waals surface area contributed by atoms with Gasteiger partial charge >= 0.3 is 5.97 Å². The quantitative estimate of drug-likeness (QED) is 0.321. The van der Waals surface area contributed by atoms with Crippen LogP contribution in [-0.2, 0) is 28.9 Å². The van der Waals surface area contributed by atoms with Gasteiger partial charge in [-0.2, -0.15) is 0 Å². The summed E-state index contributed by atoms with van der Waals surface area (Å²) >= 11 is 12.7. The molecule has 0 bridgehead atoms. The second-order valence-electron chi connectivity index (χ2n) is 10.6. The second-order valence-corrected chi connectivity index (χ2v) is 11.4. The molecule has 38 heavy (non-hydrogen) atoms. The molecule has 2 heterocycles. The van der Waals surface area contributed by atoms with Crippen molar-refractivity contribution in [1.29, 1.82) is 0 Å². The Morgan fingerprint density at radius 3 is 2.63 bits per heavy atom. The molecule has 4 rings (SSSR count). The summed E-state index contributed by atoms with van der Waals surface area (Å²) in [4.78, 5) is 21.7. The summed E-state index contributed by atoms with van der Waals surface area (Å²) in [5.41, 5.74) is 10.1. The Kier molecular flexibility index (Phi) is 9.26. The van der Waals surface area contributed by atoms with Crippen LogP contribution in [0.25, 0.3) is 11.3 Å². The number of halogens is 2. The smallest absolute Gasteiger partial charge is 0.323 e. The lowest BCUT2D eigenvalue weighted by Crippen LogP contribution is -2.51. The first kappa shape index (κ1) is 28.3. The summed E-state index contributed by atoms with van der Waals surface area (Å²) in [5, 5.41) is 8.15.